The maximum absolute atomic E-state index is 12.3. The number of hydrogen-bond donors (Lipinski definition) is 2. The monoisotopic (exact) mass is 270 g/mol. The molecule has 1 fully saturated rings. The van der Waals surface area contributed by atoms with Gasteiger partial charge in [0.2, 0.25) is 10.0 Å². The van der Waals surface area contributed by atoms with Gasteiger partial charge in [-0.3, -0.25) is 0 Å². The molecule has 100 valence electrons. The average Bonchev–Trinajstić information content (AvgIpc) is 2.39. The molecule has 6 heteroatoms. The number of rotatable bonds is 4. The van der Waals surface area contributed by atoms with Crippen molar-refractivity contribution in [1.29, 1.82) is 0 Å². The number of piperidine rings is 1. The highest BCUT2D eigenvalue weighted by molar-refractivity contribution is 7.89. The molecule has 0 radical (unpaired) electrons. The van der Waals surface area contributed by atoms with Gasteiger partial charge in [-0.05, 0) is 38.1 Å². The van der Waals surface area contributed by atoms with Gasteiger partial charge in [0.05, 0.1) is 7.11 Å². The van der Waals surface area contributed by atoms with Crippen LogP contribution < -0.4 is 14.8 Å². The molecule has 1 aromatic rings. The van der Waals surface area contributed by atoms with Crippen LogP contribution >= 0.6 is 0 Å². The van der Waals surface area contributed by atoms with E-state index in [4.69, 9.17) is 4.74 Å². The van der Waals surface area contributed by atoms with Gasteiger partial charge in [0, 0.05) is 6.04 Å². The molecule has 2 N–H and O–H groups in total. The van der Waals surface area contributed by atoms with Crippen LogP contribution in [-0.2, 0) is 10.0 Å². The van der Waals surface area contributed by atoms with Crippen molar-refractivity contribution in [3.05, 3.63) is 24.3 Å². The number of nitrogens with one attached hydrogen (secondary N) is 2. The molecule has 1 aliphatic heterocycles. The number of para-hydroxylation sites is 1. The maximum atomic E-state index is 12.3. The summed E-state index contributed by atoms with van der Waals surface area (Å²) in [5.41, 5.74) is 0. The zero-order valence-electron chi connectivity index (χ0n) is 10.3. The van der Waals surface area contributed by atoms with Crippen molar-refractivity contribution in [2.45, 2.75) is 23.8 Å². The third-order valence-electron chi connectivity index (χ3n) is 3.02. The molecular formula is C12H18N2O3S. The highest BCUT2D eigenvalue weighted by atomic mass is 32.2. The summed E-state index contributed by atoms with van der Waals surface area (Å²) in [6, 6.07) is 6.65. The van der Waals surface area contributed by atoms with Gasteiger partial charge in [-0.15, -0.1) is 0 Å². The second-order valence-corrected chi connectivity index (χ2v) is 5.98. The molecule has 1 aromatic carbocycles. The molecule has 1 heterocycles. The molecule has 2 rings (SSSR count). The molecule has 0 aliphatic carbocycles. The van der Waals surface area contributed by atoms with E-state index >= 15 is 0 Å². The van der Waals surface area contributed by atoms with E-state index in [2.05, 4.69) is 10.0 Å². The van der Waals surface area contributed by atoms with Crippen molar-refractivity contribution in [2.24, 2.45) is 0 Å². The first kappa shape index (κ1) is 13.3. The average molecular weight is 270 g/mol. The Balaban J connectivity index is 2.19. The van der Waals surface area contributed by atoms with Gasteiger partial charge < -0.3 is 10.1 Å². The number of benzene rings is 1. The normalized spacial score (nSPS) is 17.6. The van der Waals surface area contributed by atoms with Crippen molar-refractivity contribution in [1.82, 2.24) is 10.0 Å². The Morgan fingerprint density at radius 2 is 1.94 bits per heavy atom. The summed E-state index contributed by atoms with van der Waals surface area (Å²) in [6.07, 6.45) is 1.63. The predicted molar refractivity (Wildman–Crippen MR) is 69.2 cm³/mol. The summed E-state index contributed by atoms with van der Waals surface area (Å²) in [7, 11) is -2.03. The molecule has 0 saturated carbocycles. The minimum Gasteiger partial charge on any atom is -0.495 e. The lowest BCUT2D eigenvalue weighted by atomic mass is 10.1. The van der Waals surface area contributed by atoms with E-state index in [0.717, 1.165) is 25.9 Å². The van der Waals surface area contributed by atoms with Crippen LogP contribution in [0.15, 0.2) is 29.2 Å². The molecule has 0 amide bonds. The van der Waals surface area contributed by atoms with E-state index in [1.165, 1.54) is 7.11 Å². The maximum Gasteiger partial charge on any atom is 0.244 e. The minimum atomic E-state index is -3.51. The third kappa shape index (κ3) is 3.01. The fourth-order valence-corrected chi connectivity index (χ4v) is 3.54. The zero-order chi connectivity index (χ0) is 13.0. The second kappa shape index (κ2) is 5.69. The van der Waals surface area contributed by atoms with Gasteiger partial charge in [-0.25, -0.2) is 13.1 Å². The van der Waals surface area contributed by atoms with Crippen LogP contribution in [0.5, 0.6) is 5.75 Å². The Kier molecular flexibility index (Phi) is 4.21. The Morgan fingerprint density at radius 1 is 1.28 bits per heavy atom. The standard InChI is InChI=1S/C12H18N2O3S/c1-17-11-4-2-3-5-12(11)18(15,16)14-10-6-8-13-9-7-10/h2-5,10,13-14H,6-9H2,1H3. The first-order valence-electron chi connectivity index (χ1n) is 5.99. The Bertz CT molecular complexity index is 496. The van der Waals surface area contributed by atoms with Gasteiger partial charge in [0.1, 0.15) is 10.6 Å². The van der Waals surface area contributed by atoms with Gasteiger partial charge in [0.15, 0.2) is 0 Å². The summed E-state index contributed by atoms with van der Waals surface area (Å²) in [5.74, 6) is 0.374. The first-order chi connectivity index (χ1) is 8.63. The van der Waals surface area contributed by atoms with Crippen LogP contribution in [0.25, 0.3) is 0 Å². The van der Waals surface area contributed by atoms with Crippen molar-refractivity contribution in [3.63, 3.8) is 0 Å². The predicted octanol–water partition coefficient (Wildman–Crippen LogP) is 0.725. The van der Waals surface area contributed by atoms with Crippen molar-refractivity contribution in [2.75, 3.05) is 20.2 Å². The minimum absolute atomic E-state index is 0.00108. The Hall–Kier alpha value is -1.11. The molecule has 0 bridgehead atoms. The summed E-state index contributed by atoms with van der Waals surface area (Å²) < 4.78 is 32.4. The van der Waals surface area contributed by atoms with Gasteiger partial charge >= 0.3 is 0 Å². The summed E-state index contributed by atoms with van der Waals surface area (Å²) in [5, 5.41) is 3.20. The molecule has 1 aliphatic rings. The van der Waals surface area contributed by atoms with Crippen LogP contribution in [0, 0.1) is 0 Å². The van der Waals surface area contributed by atoms with Gasteiger partial charge in [-0.2, -0.15) is 0 Å². The quantitative estimate of drug-likeness (QED) is 0.846. The lowest BCUT2D eigenvalue weighted by Gasteiger charge is -2.23. The van der Waals surface area contributed by atoms with Crippen LogP contribution in [0.4, 0.5) is 0 Å². The molecule has 1 saturated heterocycles. The second-order valence-electron chi connectivity index (χ2n) is 4.30. The highest BCUT2D eigenvalue weighted by Gasteiger charge is 2.24. The fourth-order valence-electron chi connectivity index (χ4n) is 2.06. The molecule has 5 nitrogen and oxygen atoms in total. The number of methoxy groups -OCH3 is 1. The van der Waals surface area contributed by atoms with E-state index < -0.39 is 10.0 Å². The summed E-state index contributed by atoms with van der Waals surface area (Å²) in [4.78, 5) is 0.200. The van der Waals surface area contributed by atoms with E-state index in [1.54, 1.807) is 24.3 Å². The van der Waals surface area contributed by atoms with Crippen LogP contribution in [-0.4, -0.2) is 34.7 Å². The lowest BCUT2D eigenvalue weighted by molar-refractivity contribution is 0.399. The molecule has 0 atom stereocenters. The summed E-state index contributed by atoms with van der Waals surface area (Å²) >= 11 is 0. The third-order valence-corrected chi connectivity index (χ3v) is 4.58. The van der Waals surface area contributed by atoms with E-state index in [0.29, 0.717) is 5.75 Å². The van der Waals surface area contributed by atoms with Gasteiger partial charge in [-0.1, -0.05) is 12.1 Å². The lowest BCUT2D eigenvalue weighted by Crippen LogP contribution is -2.42. The number of hydrogen-bond acceptors (Lipinski definition) is 4. The van der Waals surface area contributed by atoms with E-state index in [1.807, 2.05) is 0 Å². The summed E-state index contributed by atoms with van der Waals surface area (Å²) in [6.45, 7) is 1.69. The largest absolute Gasteiger partial charge is 0.495 e. The zero-order valence-corrected chi connectivity index (χ0v) is 11.2. The molecule has 0 aromatic heterocycles. The van der Waals surface area contributed by atoms with Crippen molar-refractivity contribution in [3.8, 4) is 5.75 Å². The molecule has 18 heavy (non-hydrogen) atoms. The van der Waals surface area contributed by atoms with Crippen LogP contribution in [0.3, 0.4) is 0 Å². The van der Waals surface area contributed by atoms with Crippen LogP contribution in [0.2, 0.25) is 0 Å². The fraction of sp³-hybridized carbons (Fsp3) is 0.500. The van der Waals surface area contributed by atoms with E-state index in [9.17, 15) is 8.42 Å². The van der Waals surface area contributed by atoms with E-state index in [-0.39, 0.29) is 10.9 Å². The van der Waals surface area contributed by atoms with Gasteiger partial charge in [0.25, 0.3) is 0 Å². The topological polar surface area (TPSA) is 67.4 Å². The Morgan fingerprint density at radius 3 is 2.61 bits per heavy atom. The number of ether oxygens (including phenoxy) is 1. The smallest absolute Gasteiger partial charge is 0.244 e. The number of sulfonamides is 1. The van der Waals surface area contributed by atoms with Crippen LogP contribution in [0.1, 0.15) is 12.8 Å². The highest BCUT2D eigenvalue weighted by Crippen LogP contribution is 2.23. The molecular weight excluding hydrogens is 252 g/mol. The molecule has 0 unspecified atom stereocenters. The Labute approximate surface area is 108 Å². The first-order valence-corrected chi connectivity index (χ1v) is 7.48. The molecule has 0 spiro atoms. The van der Waals surface area contributed by atoms with Crippen molar-refractivity contribution < 1.29 is 13.2 Å². The SMILES string of the molecule is COc1ccccc1S(=O)(=O)NC1CCNCC1. The van der Waals surface area contributed by atoms with Crippen molar-refractivity contribution >= 4 is 10.0 Å².